The van der Waals surface area contributed by atoms with Crippen LogP contribution >= 0.6 is 69.6 Å². The number of hydrogen-bond donors (Lipinski definition) is 6. The van der Waals surface area contributed by atoms with Crippen LogP contribution < -0.4 is 31.9 Å². The molecule has 481 valence electrons. The van der Waals surface area contributed by atoms with Crippen molar-refractivity contribution in [1.29, 1.82) is 0 Å². The maximum Gasteiger partial charge on any atom is 0.250 e. The third-order valence-corrected chi connectivity index (χ3v) is 15.8. The van der Waals surface area contributed by atoms with Crippen LogP contribution in [-0.4, -0.2) is 99.1 Å². The van der Waals surface area contributed by atoms with Gasteiger partial charge in [0.15, 0.2) is 34.9 Å². The minimum atomic E-state index is -1.78. The van der Waals surface area contributed by atoms with Gasteiger partial charge in [-0.1, -0.05) is 260 Å². The van der Waals surface area contributed by atoms with Crippen LogP contribution in [0.3, 0.4) is 0 Å². The number of aromatic nitrogens is 12. The Bertz CT molecular complexity index is 3390. The van der Waals surface area contributed by atoms with Crippen molar-refractivity contribution in [2.24, 2.45) is 0 Å². The molecule has 0 bridgehead atoms. The van der Waals surface area contributed by atoms with Gasteiger partial charge in [-0.05, 0) is 81.4 Å². The second-order valence-corrected chi connectivity index (χ2v) is 26.7. The molecule has 1 radical (unpaired) electrons. The topological polar surface area (TPSA) is 227 Å². The quantitative estimate of drug-likeness (QED) is 0.0156. The molecule has 4 heterocycles. The van der Waals surface area contributed by atoms with Crippen LogP contribution in [0.2, 0.25) is 0 Å². The Morgan fingerprint density at radius 2 is 0.511 bits per heavy atom. The number of anilines is 6. The first-order chi connectivity index (χ1) is 44.9. The Labute approximate surface area is 569 Å². The van der Waals surface area contributed by atoms with Crippen molar-refractivity contribution in [3.63, 3.8) is 0 Å². The Morgan fingerprint density at radius 3 is 0.772 bits per heavy atom. The molecular formula is C68H77Cl6N18. The maximum absolute atomic E-state index is 6.16. The average molecular weight is 1360 g/mol. The zero-order valence-electron chi connectivity index (χ0n) is 51.4. The molecule has 0 aliphatic heterocycles. The number of rotatable bonds is 38. The maximum atomic E-state index is 6.16. The van der Waals surface area contributed by atoms with E-state index in [1.54, 1.807) is 0 Å². The lowest BCUT2D eigenvalue weighted by Crippen LogP contribution is -2.14. The van der Waals surface area contributed by atoms with Crippen LogP contribution in [-0.2, 0) is 20.4 Å². The summed E-state index contributed by atoms with van der Waals surface area (Å²) in [5.74, 6) is 5.29. The van der Waals surface area contributed by atoms with Gasteiger partial charge in [-0.2, -0.15) is 49.8 Å². The summed E-state index contributed by atoms with van der Waals surface area (Å²) in [4.78, 5) is 55.3. The number of unbranched alkanes of at least 4 members (excludes halogenated alkanes) is 12. The number of aryl methyl sites for hydroxylation is 2. The van der Waals surface area contributed by atoms with E-state index < -0.39 is 7.59 Å². The molecular weight excluding hydrogens is 1280 g/mol. The average Bonchev–Trinajstić information content (AvgIpc) is 1.06. The van der Waals surface area contributed by atoms with Crippen molar-refractivity contribution in [2.75, 3.05) is 71.2 Å². The van der Waals surface area contributed by atoms with Crippen molar-refractivity contribution in [3.05, 3.63) is 168 Å². The molecule has 0 aliphatic carbocycles. The molecule has 0 aliphatic rings. The molecule has 6 N–H and O–H groups in total. The van der Waals surface area contributed by atoms with Gasteiger partial charge in [0.2, 0.25) is 43.3 Å². The molecule has 4 aromatic heterocycles. The molecule has 0 fully saturated rings. The van der Waals surface area contributed by atoms with E-state index >= 15 is 0 Å². The molecule has 0 saturated carbocycles. The highest BCUT2D eigenvalue weighted by atomic mass is 35.6. The lowest BCUT2D eigenvalue weighted by molar-refractivity contribution is 0.648. The van der Waals surface area contributed by atoms with Gasteiger partial charge < -0.3 is 31.9 Å². The van der Waals surface area contributed by atoms with Gasteiger partial charge in [0, 0.05) is 61.5 Å². The smallest absolute Gasteiger partial charge is 0.250 e. The summed E-state index contributed by atoms with van der Waals surface area (Å²) < 4.78 is -3.55. The van der Waals surface area contributed by atoms with E-state index in [4.69, 9.17) is 99.5 Å². The predicted molar refractivity (Wildman–Crippen MR) is 377 cm³/mol. The van der Waals surface area contributed by atoms with Crippen molar-refractivity contribution < 1.29 is 0 Å². The first-order valence-corrected chi connectivity index (χ1v) is 34.0. The fourth-order valence-corrected chi connectivity index (χ4v) is 10.5. The number of alkyl halides is 6. The zero-order valence-corrected chi connectivity index (χ0v) is 55.9. The first-order valence-electron chi connectivity index (χ1n) is 31.7. The minimum Gasteiger partial charge on any atom is -0.354 e. The van der Waals surface area contributed by atoms with Crippen molar-refractivity contribution >= 4 is 105 Å². The highest BCUT2D eigenvalue weighted by molar-refractivity contribution is 6.67. The monoisotopic (exact) mass is 1360 g/mol. The summed E-state index contributed by atoms with van der Waals surface area (Å²) in [6.07, 6.45) is 18.6. The summed E-state index contributed by atoms with van der Waals surface area (Å²) in [5.41, 5.74) is 6.20. The van der Waals surface area contributed by atoms with E-state index in [-0.39, 0.29) is 11.6 Å². The predicted octanol–water partition coefficient (Wildman–Crippen LogP) is 17.1. The van der Waals surface area contributed by atoms with E-state index in [2.05, 4.69) is 86.1 Å². The van der Waals surface area contributed by atoms with Gasteiger partial charge in [-0.25, -0.2) is 9.97 Å². The molecule has 0 unspecified atom stereocenters. The molecule has 9 aromatic rings. The summed E-state index contributed by atoms with van der Waals surface area (Å²) in [6, 6.07) is 49.2. The lowest BCUT2D eigenvalue weighted by Gasteiger charge is -2.13. The van der Waals surface area contributed by atoms with Crippen LogP contribution in [0.15, 0.2) is 140 Å². The van der Waals surface area contributed by atoms with E-state index in [1.807, 2.05) is 121 Å². The Hall–Kier alpha value is -7.32. The summed E-state index contributed by atoms with van der Waals surface area (Å²) in [7, 11) is 0. The van der Waals surface area contributed by atoms with Gasteiger partial charge in [-0.3, -0.25) is 0 Å². The molecule has 92 heavy (non-hydrogen) atoms. The second-order valence-electron chi connectivity index (χ2n) is 22.2. The molecule has 24 heteroatoms. The van der Waals surface area contributed by atoms with Gasteiger partial charge in [0.1, 0.15) is 0 Å². The molecule has 5 aromatic carbocycles. The highest BCUT2D eigenvalue weighted by Gasteiger charge is 2.30. The number of nitrogens with one attached hydrogen (secondary N) is 6. The minimum absolute atomic E-state index is 0.0739. The number of benzene rings is 5. The number of halogens is 6. The molecule has 0 saturated heterocycles. The van der Waals surface area contributed by atoms with E-state index in [9.17, 15) is 0 Å². The number of hydrogen-bond acceptors (Lipinski definition) is 18. The zero-order chi connectivity index (χ0) is 64.1. The normalized spacial score (nSPS) is 11.5. The van der Waals surface area contributed by atoms with E-state index in [0.717, 1.165) is 164 Å². The van der Waals surface area contributed by atoms with Crippen LogP contribution in [0.4, 0.5) is 35.7 Å². The Balaban J connectivity index is 0.626. The first kappa shape index (κ1) is 69.0. The van der Waals surface area contributed by atoms with Crippen LogP contribution in [0.5, 0.6) is 0 Å². The fraction of sp³-hybridized carbons (Fsp3) is 0.382. The molecule has 0 spiro atoms. The standard InChI is InChI=1S/C68H77Cl6N18/c69-67(70,71)59-81-55(51-34-15-9-16-35-51)83-61(89-59)75-42-25-5-7-27-46-79-65-87-57(53-38-19-11-20-39-53)85-63(91-65)77-44-23-3-1-13-30-49-32-29-33-50(48-49)31-14-2-4-24-45-78-64-86-58(54-40-21-12-22-41-54)88-66(92-64)80-47-28-8-6-26-43-76-62-84-56(52-36-17-10-18-37-52)82-60(90-62)68(72,73)74/h9-12,15-22,32-41,48H,1-8,13-14,23-28,30-31,42-47H2,(H,75,81,83,89)(H,76,82,84,90)(H2,77,79,85,87,91)(H2,78,80,86,88,92). The van der Waals surface area contributed by atoms with Gasteiger partial charge >= 0.3 is 0 Å². The SMILES string of the molecule is ClC(Cl)(Cl)c1nc(NCCCCCCNc2nc(NCCCCCCc3c[c]cc(CCCCCCNc4nc(NCCCCCCNc5nc(-c6ccccc6)nc(C(Cl)(Cl)Cl)n5)nc(-c5ccccc5)n4)c3)nc(-c3ccccc3)n2)nc(-c2ccccc2)n1. The third kappa shape index (κ3) is 23.7. The van der Waals surface area contributed by atoms with Gasteiger partial charge in [-0.15, -0.1) is 0 Å². The van der Waals surface area contributed by atoms with Crippen molar-refractivity contribution in [2.45, 2.75) is 123 Å². The molecule has 0 amide bonds. The van der Waals surface area contributed by atoms with Crippen LogP contribution in [0, 0.1) is 6.07 Å². The molecule has 9 rings (SSSR count). The third-order valence-electron chi connectivity index (χ3n) is 14.8. The van der Waals surface area contributed by atoms with Crippen LogP contribution in [0.1, 0.15) is 126 Å². The lowest BCUT2D eigenvalue weighted by atomic mass is 10.0. The Morgan fingerprint density at radius 1 is 0.272 bits per heavy atom. The fourth-order valence-electron chi connectivity index (χ4n) is 9.99. The second kappa shape index (κ2) is 36.8. The summed E-state index contributed by atoms with van der Waals surface area (Å²) in [5, 5.41) is 20.4. The van der Waals surface area contributed by atoms with Crippen molar-refractivity contribution in [3.8, 4) is 45.6 Å². The Kier molecular flexibility index (Phi) is 27.6. The number of nitrogens with zero attached hydrogens (tertiary/aromatic N) is 12. The van der Waals surface area contributed by atoms with Gasteiger partial charge in [0.05, 0.1) is 0 Å². The van der Waals surface area contributed by atoms with Crippen molar-refractivity contribution in [1.82, 2.24) is 59.8 Å². The highest BCUT2D eigenvalue weighted by Crippen LogP contribution is 2.38. The largest absolute Gasteiger partial charge is 0.354 e. The molecule has 18 nitrogen and oxygen atoms in total. The summed E-state index contributed by atoms with van der Waals surface area (Å²) in [6.45, 7) is 4.33. The van der Waals surface area contributed by atoms with Gasteiger partial charge in [0.25, 0.3) is 0 Å². The van der Waals surface area contributed by atoms with E-state index in [1.165, 1.54) is 11.1 Å². The summed E-state index contributed by atoms with van der Waals surface area (Å²) >= 11 is 37.0. The van der Waals surface area contributed by atoms with Crippen LogP contribution in [0.25, 0.3) is 45.6 Å². The molecule has 0 atom stereocenters. The van der Waals surface area contributed by atoms with E-state index in [0.29, 0.717) is 72.1 Å².